The number of hydrogen-bond acceptors (Lipinski definition) is 6. The highest BCUT2D eigenvalue weighted by Crippen LogP contribution is 2.33. The molecule has 0 aliphatic carbocycles. The summed E-state index contributed by atoms with van der Waals surface area (Å²) in [6.45, 7) is 8.86. The predicted octanol–water partition coefficient (Wildman–Crippen LogP) is 2.43. The van der Waals surface area contributed by atoms with Crippen molar-refractivity contribution in [2.24, 2.45) is 0 Å². The van der Waals surface area contributed by atoms with Crippen LogP contribution in [0.15, 0.2) is 48.2 Å². The molecule has 0 spiro atoms. The average molecular weight is 451 g/mol. The number of nitrogens with zero attached hydrogens (tertiary/aromatic N) is 2. The Morgan fingerprint density at radius 2 is 1.91 bits per heavy atom. The van der Waals surface area contributed by atoms with Crippen molar-refractivity contribution in [3.8, 4) is 11.5 Å². The van der Waals surface area contributed by atoms with Gasteiger partial charge in [-0.15, -0.1) is 0 Å². The fourth-order valence-electron chi connectivity index (χ4n) is 3.99. The Morgan fingerprint density at radius 1 is 1.15 bits per heavy atom. The van der Waals surface area contributed by atoms with Crippen molar-refractivity contribution < 1.29 is 19.1 Å². The molecule has 0 saturated carbocycles. The molecule has 2 amide bonds. The summed E-state index contributed by atoms with van der Waals surface area (Å²) in [5.74, 6) is 0.742. The van der Waals surface area contributed by atoms with Crippen molar-refractivity contribution in [1.82, 2.24) is 15.1 Å². The van der Waals surface area contributed by atoms with E-state index in [1.165, 1.54) is 0 Å². The van der Waals surface area contributed by atoms with E-state index in [2.05, 4.69) is 27.4 Å². The van der Waals surface area contributed by atoms with Gasteiger partial charge in [-0.3, -0.25) is 14.5 Å². The van der Waals surface area contributed by atoms with Gasteiger partial charge in [-0.1, -0.05) is 25.1 Å². The molecule has 174 valence electrons. The largest absolute Gasteiger partial charge is 0.496 e. The third-order valence-corrected chi connectivity index (χ3v) is 5.98. The Bertz CT molecular complexity index is 1040. The molecule has 2 N–H and O–H groups in total. The van der Waals surface area contributed by atoms with E-state index in [9.17, 15) is 9.59 Å². The number of ether oxygens (including phenoxy) is 2. The summed E-state index contributed by atoms with van der Waals surface area (Å²) in [7, 11) is 1.58. The summed E-state index contributed by atoms with van der Waals surface area (Å²) >= 11 is 0. The summed E-state index contributed by atoms with van der Waals surface area (Å²) in [6, 6.07) is 12.4. The van der Waals surface area contributed by atoms with Crippen LogP contribution in [0.5, 0.6) is 11.5 Å². The van der Waals surface area contributed by atoms with Crippen LogP contribution in [0.2, 0.25) is 0 Å². The standard InChI is InChI=1S/C25H30N4O4/c1-3-28-12-14-29(15-13-28)11-10-26-24(30)19-8-9-22-20(16-19)27-25(31)23(33-22)17-18-6-4-5-7-21(18)32-2/h4-9,16-17H,3,10-15H2,1-2H3,(H,26,30)(H,27,31). The molecule has 2 heterocycles. The number of hydrogen-bond donors (Lipinski definition) is 2. The van der Waals surface area contributed by atoms with E-state index < -0.39 is 0 Å². The molecule has 2 aromatic carbocycles. The topological polar surface area (TPSA) is 83.1 Å². The number of para-hydroxylation sites is 1. The van der Waals surface area contributed by atoms with Gasteiger partial charge in [0.15, 0.2) is 11.5 Å². The van der Waals surface area contributed by atoms with Crippen LogP contribution in [0, 0.1) is 0 Å². The lowest BCUT2D eigenvalue weighted by Crippen LogP contribution is -2.48. The molecule has 33 heavy (non-hydrogen) atoms. The summed E-state index contributed by atoms with van der Waals surface area (Å²) < 4.78 is 11.1. The fraction of sp³-hybridized carbons (Fsp3) is 0.360. The number of methoxy groups -OCH3 is 1. The number of nitrogens with one attached hydrogen (secondary N) is 2. The van der Waals surface area contributed by atoms with E-state index in [1.807, 2.05) is 24.3 Å². The number of carbonyl (C=O) groups is 2. The van der Waals surface area contributed by atoms with Gasteiger partial charge in [-0.2, -0.15) is 0 Å². The van der Waals surface area contributed by atoms with Gasteiger partial charge >= 0.3 is 0 Å². The molecule has 0 unspecified atom stereocenters. The fourth-order valence-corrected chi connectivity index (χ4v) is 3.99. The van der Waals surface area contributed by atoms with Crippen molar-refractivity contribution in [2.75, 3.05) is 58.2 Å². The van der Waals surface area contributed by atoms with Gasteiger partial charge in [0.05, 0.1) is 12.8 Å². The van der Waals surface area contributed by atoms with Crippen LogP contribution in [0.1, 0.15) is 22.8 Å². The van der Waals surface area contributed by atoms with Crippen molar-refractivity contribution in [3.05, 3.63) is 59.4 Å². The van der Waals surface area contributed by atoms with Crippen molar-refractivity contribution >= 4 is 23.6 Å². The van der Waals surface area contributed by atoms with E-state index in [0.29, 0.717) is 29.3 Å². The smallest absolute Gasteiger partial charge is 0.291 e. The lowest BCUT2D eigenvalue weighted by Gasteiger charge is -2.33. The highest BCUT2D eigenvalue weighted by molar-refractivity contribution is 6.09. The molecule has 0 atom stereocenters. The Morgan fingerprint density at radius 3 is 2.67 bits per heavy atom. The molecule has 0 aromatic heterocycles. The number of benzene rings is 2. The maximum atomic E-state index is 12.6. The zero-order valence-electron chi connectivity index (χ0n) is 19.1. The molecule has 2 aliphatic heterocycles. The lowest BCUT2D eigenvalue weighted by molar-refractivity contribution is -0.115. The quantitative estimate of drug-likeness (QED) is 0.631. The van der Waals surface area contributed by atoms with E-state index in [0.717, 1.165) is 44.8 Å². The van der Waals surface area contributed by atoms with E-state index in [1.54, 1.807) is 31.4 Å². The summed E-state index contributed by atoms with van der Waals surface area (Å²) in [4.78, 5) is 30.0. The van der Waals surface area contributed by atoms with Crippen molar-refractivity contribution in [2.45, 2.75) is 6.92 Å². The van der Waals surface area contributed by atoms with Gasteiger partial charge in [-0.05, 0) is 36.9 Å². The number of anilines is 1. The Hall–Kier alpha value is -3.36. The van der Waals surface area contributed by atoms with Crippen LogP contribution in [0.25, 0.3) is 6.08 Å². The zero-order valence-corrected chi connectivity index (χ0v) is 19.1. The SMILES string of the molecule is CCN1CCN(CCNC(=O)c2ccc3c(c2)NC(=O)C(=Cc2ccccc2OC)O3)CC1. The minimum atomic E-state index is -0.378. The van der Waals surface area contributed by atoms with Crippen molar-refractivity contribution in [1.29, 1.82) is 0 Å². The first-order valence-corrected chi connectivity index (χ1v) is 11.3. The number of carbonyl (C=O) groups excluding carboxylic acids is 2. The third kappa shape index (κ3) is 5.53. The molecule has 2 aromatic rings. The number of fused-ring (bicyclic) bond motifs is 1. The first-order valence-electron chi connectivity index (χ1n) is 11.3. The second-order valence-corrected chi connectivity index (χ2v) is 8.05. The molecule has 8 heteroatoms. The highest BCUT2D eigenvalue weighted by atomic mass is 16.5. The molecular formula is C25H30N4O4. The van der Waals surface area contributed by atoms with Gasteiger partial charge < -0.3 is 25.0 Å². The summed E-state index contributed by atoms with van der Waals surface area (Å²) in [5.41, 5.74) is 1.69. The monoisotopic (exact) mass is 450 g/mol. The molecular weight excluding hydrogens is 420 g/mol. The maximum Gasteiger partial charge on any atom is 0.291 e. The summed E-state index contributed by atoms with van der Waals surface area (Å²) in [5, 5.41) is 5.79. The second-order valence-electron chi connectivity index (χ2n) is 8.05. The number of rotatable bonds is 7. The molecule has 4 rings (SSSR count). The number of amides is 2. The molecule has 1 saturated heterocycles. The molecule has 8 nitrogen and oxygen atoms in total. The van der Waals surface area contributed by atoms with E-state index >= 15 is 0 Å². The van der Waals surface area contributed by atoms with Crippen LogP contribution >= 0.6 is 0 Å². The van der Waals surface area contributed by atoms with Crippen molar-refractivity contribution in [3.63, 3.8) is 0 Å². The zero-order chi connectivity index (χ0) is 23.2. The molecule has 0 bridgehead atoms. The van der Waals surface area contributed by atoms with Gasteiger partial charge in [0, 0.05) is 50.4 Å². The van der Waals surface area contributed by atoms with Gasteiger partial charge in [0.25, 0.3) is 11.8 Å². The molecule has 2 aliphatic rings. The van der Waals surface area contributed by atoms with E-state index in [-0.39, 0.29) is 17.6 Å². The number of likely N-dealkylation sites (N-methyl/N-ethyl adjacent to an activating group) is 1. The van der Waals surface area contributed by atoms with Crippen LogP contribution in [-0.2, 0) is 4.79 Å². The van der Waals surface area contributed by atoms with Gasteiger partial charge in [0.2, 0.25) is 0 Å². The van der Waals surface area contributed by atoms with Crippen LogP contribution in [0.4, 0.5) is 5.69 Å². The lowest BCUT2D eigenvalue weighted by atomic mass is 10.1. The van der Waals surface area contributed by atoms with Gasteiger partial charge in [0.1, 0.15) is 5.75 Å². The third-order valence-electron chi connectivity index (χ3n) is 5.98. The van der Waals surface area contributed by atoms with Crippen LogP contribution in [-0.4, -0.2) is 74.5 Å². The van der Waals surface area contributed by atoms with Crippen LogP contribution in [0.3, 0.4) is 0 Å². The van der Waals surface area contributed by atoms with Gasteiger partial charge in [-0.25, -0.2) is 0 Å². The van der Waals surface area contributed by atoms with E-state index in [4.69, 9.17) is 9.47 Å². The first-order chi connectivity index (χ1) is 16.1. The normalized spacial score (nSPS) is 17.8. The number of piperazine rings is 1. The molecule has 0 radical (unpaired) electrons. The maximum absolute atomic E-state index is 12.6. The highest BCUT2D eigenvalue weighted by Gasteiger charge is 2.24. The Kier molecular flexibility index (Phi) is 7.26. The van der Waals surface area contributed by atoms with Crippen LogP contribution < -0.4 is 20.1 Å². The first kappa shape index (κ1) is 22.8. The second kappa shape index (κ2) is 10.5. The minimum absolute atomic E-state index is 0.160. The Balaban J connectivity index is 1.36. The Labute approximate surface area is 194 Å². The predicted molar refractivity (Wildman–Crippen MR) is 128 cm³/mol. The summed E-state index contributed by atoms with van der Waals surface area (Å²) in [6.07, 6.45) is 1.64. The molecule has 1 fully saturated rings. The average Bonchev–Trinajstić information content (AvgIpc) is 2.85. The minimum Gasteiger partial charge on any atom is -0.496 e.